The predicted molar refractivity (Wildman–Crippen MR) is 75.3 cm³/mol. The minimum absolute atomic E-state index is 0.0703. The molecule has 102 valence electrons. The zero-order valence-corrected chi connectivity index (χ0v) is 11.5. The van der Waals surface area contributed by atoms with Gasteiger partial charge in [-0.15, -0.1) is 0 Å². The topological polar surface area (TPSA) is 44.4 Å². The largest absolute Gasteiger partial charge is 0.340 e. The van der Waals surface area contributed by atoms with E-state index in [0.717, 1.165) is 55.4 Å². The maximum atomic E-state index is 12.6. The Hall–Kier alpha value is -1.10. The number of benzene rings is 1. The van der Waals surface area contributed by atoms with E-state index in [1.54, 1.807) is 0 Å². The van der Waals surface area contributed by atoms with Crippen molar-refractivity contribution >= 4 is 17.5 Å². The summed E-state index contributed by atoms with van der Waals surface area (Å²) < 4.78 is 0. The van der Waals surface area contributed by atoms with Crippen LogP contribution in [-0.4, -0.2) is 43.5 Å². The molecule has 2 N–H and O–H groups in total. The molecule has 2 aliphatic rings. The number of nitrogens with zero attached hydrogens (tertiary/aromatic N) is 1. The zero-order valence-electron chi connectivity index (χ0n) is 10.8. The van der Waals surface area contributed by atoms with E-state index in [1.807, 2.05) is 23.1 Å². The highest BCUT2D eigenvalue weighted by Gasteiger charge is 2.30. The fraction of sp³-hybridized carbons (Fsp3) is 0.500. The molecule has 0 aromatic heterocycles. The van der Waals surface area contributed by atoms with Gasteiger partial charge in [0.1, 0.15) is 0 Å². The number of carbonyl (C=O) groups excluding carboxylic acids is 1. The van der Waals surface area contributed by atoms with Gasteiger partial charge in [-0.3, -0.25) is 4.79 Å². The van der Waals surface area contributed by atoms with Gasteiger partial charge in [0.05, 0.1) is 5.92 Å². The lowest BCUT2D eigenvalue weighted by molar-refractivity contribution is -0.133. The van der Waals surface area contributed by atoms with Gasteiger partial charge in [-0.2, -0.15) is 0 Å². The third kappa shape index (κ3) is 2.61. The summed E-state index contributed by atoms with van der Waals surface area (Å²) in [6, 6.07) is 5.84. The van der Waals surface area contributed by atoms with Gasteiger partial charge in [-0.25, -0.2) is 0 Å². The van der Waals surface area contributed by atoms with Crippen LogP contribution in [0.3, 0.4) is 0 Å². The van der Waals surface area contributed by atoms with Gasteiger partial charge in [-0.05, 0) is 23.3 Å². The van der Waals surface area contributed by atoms with Crippen molar-refractivity contribution in [3.63, 3.8) is 0 Å². The maximum absolute atomic E-state index is 12.6. The Bertz CT molecular complexity index is 486. The Morgan fingerprint density at radius 3 is 2.84 bits per heavy atom. The van der Waals surface area contributed by atoms with E-state index < -0.39 is 0 Å². The lowest BCUT2D eigenvalue weighted by Crippen LogP contribution is -2.50. The Balaban J connectivity index is 1.84. The molecule has 1 aromatic carbocycles. The smallest absolute Gasteiger partial charge is 0.231 e. The minimum Gasteiger partial charge on any atom is -0.340 e. The number of rotatable bonds is 1. The SMILES string of the molecule is O=C(C1CNCc2cc(Cl)ccc21)N1CCNCC1. The number of nitrogens with one attached hydrogen (secondary N) is 2. The summed E-state index contributed by atoms with van der Waals surface area (Å²) in [6.45, 7) is 4.90. The molecule has 2 heterocycles. The Labute approximate surface area is 118 Å². The van der Waals surface area contributed by atoms with Gasteiger partial charge in [-0.1, -0.05) is 17.7 Å². The van der Waals surface area contributed by atoms with E-state index in [0.29, 0.717) is 0 Å². The molecule has 1 unspecified atom stereocenters. The van der Waals surface area contributed by atoms with Crippen LogP contribution in [0.1, 0.15) is 17.0 Å². The summed E-state index contributed by atoms with van der Waals surface area (Å²) in [4.78, 5) is 14.6. The van der Waals surface area contributed by atoms with Gasteiger partial charge in [0.2, 0.25) is 5.91 Å². The first-order valence-corrected chi connectivity index (χ1v) is 7.12. The van der Waals surface area contributed by atoms with Crippen LogP contribution in [0, 0.1) is 0 Å². The van der Waals surface area contributed by atoms with Crippen molar-refractivity contribution in [1.29, 1.82) is 0 Å². The van der Waals surface area contributed by atoms with Crippen molar-refractivity contribution < 1.29 is 4.79 Å². The summed E-state index contributed by atoms with van der Waals surface area (Å²) in [5, 5.41) is 7.32. The lowest BCUT2D eigenvalue weighted by atomic mass is 9.89. The quantitative estimate of drug-likeness (QED) is 0.805. The first kappa shape index (κ1) is 12.9. The molecule has 0 bridgehead atoms. The van der Waals surface area contributed by atoms with Crippen molar-refractivity contribution in [3.8, 4) is 0 Å². The van der Waals surface area contributed by atoms with Crippen LogP contribution in [0.15, 0.2) is 18.2 Å². The first-order valence-electron chi connectivity index (χ1n) is 6.74. The third-order valence-electron chi connectivity index (χ3n) is 3.87. The molecular weight excluding hydrogens is 262 g/mol. The number of amides is 1. The number of halogens is 1. The fourth-order valence-electron chi connectivity index (χ4n) is 2.85. The van der Waals surface area contributed by atoms with E-state index in [1.165, 1.54) is 0 Å². The number of piperazine rings is 1. The van der Waals surface area contributed by atoms with Crippen molar-refractivity contribution in [2.75, 3.05) is 32.7 Å². The van der Waals surface area contributed by atoms with Crippen LogP contribution in [-0.2, 0) is 11.3 Å². The predicted octanol–water partition coefficient (Wildman–Crippen LogP) is 0.959. The molecule has 19 heavy (non-hydrogen) atoms. The molecule has 1 atom stereocenters. The molecule has 0 aliphatic carbocycles. The van der Waals surface area contributed by atoms with Crippen LogP contribution in [0.5, 0.6) is 0 Å². The van der Waals surface area contributed by atoms with E-state index in [-0.39, 0.29) is 11.8 Å². The third-order valence-corrected chi connectivity index (χ3v) is 4.11. The molecular formula is C14H18ClN3O. The normalized spacial score (nSPS) is 23.0. The number of hydrogen-bond acceptors (Lipinski definition) is 3. The average molecular weight is 280 g/mol. The highest BCUT2D eigenvalue weighted by atomic mass is 35.5. The van der Waals surface area contributed by atoms with Gasteiger partial charge < -0.3 is 15.5 Å². The second kappa shape index (κ2) is 5.49. The lowest BCUT2D eigenvalue weighted by Gasteiger charge is -2.33. The van der Waals surface area contributed by atoms with E-state index in [9.17, 15) is 4.79 Å². The molecule has 1 aromatic rings. The van der Waals surface area contributed by atoms with Crippen LogP contribution < -0.4 is 10.6 Å². The fourth-order valence-corrected chi connectivity index (χ4v) is 3.05. The van der Waals surface area contributed by atoms with Crippen LogP contribution in [0.25, 0.3) is 0 Å². The van der Waals surface area contributed by atoms with E-state index >= 15 is 0 Å². The summed E-state index contributed by atoms with van der Waals surface area (Å²) >= 11 is 6.02. The summed E-state index contributed by atoms with van der Waals surface area (Å²) in [5.41, 5.74) is 2.28. The Morgan fingerprint density at radius 1 is 1.26 bits per heavy atom. The Kier molecular flexibility index (Phi) is 3.73. The summed E-state index contributed by atoms with van der Waals surface area (Å²) in [7, 11) is 0. The van der Waals surface area contributed by atoms with Crippen LogP contribution >= 0.6 is 11.6 Å². The van der Waals surface area contributed by atoms with Gasteiger partial charge >= 0.3 is 0 Å². The molecule has 0 radical (unpaired) electrons. The molecule has 5 heteroatoms. The van der Waals surface area contributed by atoms with Crippen molar-refractivity contribution in [2.45, 2.75) is 12.5 Å². The van der Waals surface area contributed by atoms with Gasteiger partial charge in [0.15, 0.2) is 0 Å². The van der Waals surface area contributed by atoms with Crippen molar-refractivity contribution in [1.82, 2.24) is 15.5 Å². The number of hydrogen-bond donors (Lipinski definition) is 2. The standard InChI is InChI=1S/C14H18ClN3O/c15-11-1-2-12-10(7-11)8-17-9-13(12)14(19)18-5-3-16-4-6-18/h1-2,7,13,16-17H,3-6,8-9H2. The van der Waals surface area contributed by atoms with Crippen molar-refractivity contribution in [2.24, 2.45) is 0 Å². The molecule has 1 saturated heterocycles. The highest BCUT2D eigenvalue weighted by molar-refractivity contribution is 6.30. The molecule has 0 spiro atoms. The van der Waals surface area contributed by atoms with Crippen LogP contribution in [0.4, 0.5) is 0 Å². The van der Waals surface area contributed by atoms with Gasteiger partial charge in [0, 0.05) is 44.3 Å². The van der Waals surface area contributed by atoms with Crippen LogP contribution in [0.2, 0.25) is 5.02 Å². The van der Waals surface area contributed by atoms with E-state index in [4.69, 9.17) is 11.6 Å². The summed E-state index contributed by atoms with van der Waals surface area (Å²) in [6.07, 6.45) is 0. The maximum Gasteiger partial charge on any atom is 0.231 e. The van der Waals surface area contributed by atoms with Gasteiger partial charge in [0.25, 0.3) is 0 Å². The van der Waals surface area contributed by atoms with Crippen molar-refractivity contribution in [3.05, 3.63) is 34.3 Å². The minimum atomic E-state index is -0.0703. The molecule has 0 saturated carbocycles. The Morgan fingerprint density at radius 2 is 2.05 bits per heavy atom. The second-order valence-corrected chi connectivity index (χ2v) is 5.54. The monoisotopic (exact) mass is 279 g/mol. The molecule has 1 fully saturated rings. The molecule has 2 aliphatic heterocycles. The second-order valence-electron chi connectivity index (χ2n) is 5.10. The first-order chi connectivity index (χ1) is 9.25. The molecule has 4 nitrogen and oxygen atoms in total. The zero-order chi connectivity index (χ0) is 13.2. The van der Waals surface area contributed by atoms with E-state index in [2.05, 4.69) is 10.6 Å². The number of carbonyl (C=O) groups is 1. The average Bonchev–Trinajstić information content (AvgIpc) is 2.46. The summed E-state index contributed by atoms with van der Waals surface area (Å²) in [5.74, 6) is 0.163. The highest BCUT2D eigenvalue weighted by Crippen LogP contribution is 2.28. The molecule has 3 rings (SSSR count). The number of fused-ring (bicyclic) bond motifs is 1. The molecule has 1 amide bonds.